The second kappa shape index (κ2) is 16.1. The molecule has 0 N–H and O–H groups in total. The second-order valence-corrected chi connectivity index (χ2v) is 20.5. The van der Waals surface area contributed by atoms with Gasteiger partial charge in [-0.1, -0.05) is 133 Å². The summed E-state index contributed by atoms with van der Waals surface area (Å²) in [5, 5.41) is 12.0. The van der Waals surface area contributed by atoms with Gasteiger partial charge in [-0.15, -0.1) is 0 Å². The van der Waals surface area contributed by atoms with Crippen LogP contribution in [0.1, 0.15) is 0 Å². The molecule has 77 heavy (non-hydrogen) atoms. The van der Waals surface area contributed by atoms with Crippen molar-refractivity contribution in [2.75, 3.05) is 0 Å². The second-order valence-electron chi connectivity index (χ2n) is 20.5. The first-order chi connectivity index (χ1) is 38.2. The molecule has 5 heterocycles. The van der Waals surface area contributed by atoms with Crippen molar-refractivity contribution in [3.05, 3.63) is 267 Å². The molecule has 12 aromatic carbocycles. The fourth-order valence-corrected chi connectivity index (χ4v) is 12.9. The Morgan fingerprint density at radius 1 is 0.182 bits per heavy atom. The highest BCUT2D eigenvalue weighted by molar-refractivity contribution is 6.16. The highest BCUT2D eigenvalue weighted by atomic mass is 16.3. The van der Waals surface area contributed by atoms with Crippen LogP contribution in [-0.4, -0.2) is 18.3 Å². The molecule has 0 amide bonds. The van der Waals surface area contributed by atoms with Crippen LogP contribution in [-0.2, 0) is 0 Å². The van der Waals surface area contributed by atoms with Crippen molar-refractivity contribution < 1.29 is 4.42 Å². The van der Waals surface area contributed by atoms with Crippen LogP contribution in [0.15, 0.2) is 271 Å². The summed E-state index contributed by atoms with van der Waals surface area (Å²) >= 11 is 0. The van der Waals surface area contributed by atoms with Gasteiger partial charge in [-0.05, 0) is 156 Å². The van der Waals surface area contributed by atoms with E-state index in [2.05, 4.69) is 285 Å². The maximum Gasteiger partial charge on any atom is 0.135 e. The summed E-state index contributed by atoms with van der Waals surface area (Å²) in [7, 11) is 0. The highest BCUT2D eigenvalue weighted by Crippen LogP contribution is 2.42. The van der Waals surface area contributed by atoms with Gasteiger partial charge in [0.1, 0.15) is 11.2 Å². The standard InChI is InChI=1S/C72H44N4O/c1-3-15-49(16-4-1)73-63-23-11-7-19-53(63)57-39-45(27-33-67(57)73)47-29-35-69-59(41-47)55-21-9-13-25-65(55)75(69)51-31-37-71-61(43-51)62-44-52(32-38-72(62)77-71)76-66-26-14-10-22-56(66)60-42-48(30-36-70(60)76)46-28-34-68-58(40-46)54-20-8-12-24-64(54)74(68)50-17-5-2-6-18-50/h1-44H. The van der Waals surface area contributed by atoms with Gasteiger partial charge in [0.15, 0.2) is 0 Å². The first kappa shape index (κ1) is 42.0. The molecule has 0 aliphatic carbocycles. The predicted molar refractivity (Wildman–Crippen MR) is 322 cm³/mol. The smallest absolute Gasteiger partial charge is 0.135 e. The molecule has 5 nitrogen and oxygen atoms in total. The highest BCUT2D eigenvalue weighted by Gasteiger charge is 2.20. The van der Waals surface area contributed by atoms with Crippen molar-refractivity contribution in [3.63, 3.8) is 0 Å². The normalized spacial score (nSPS) is 12.2. The molecular weight excluding hydrogens is 937 g/mol. The van der Waals surface area contributed by atoms with Crippen molar-refractivity contribution in [2.24, 2.45) is 0 Å². The van der Waals surface area contributed by atoms with E-state index in [1.165, 1.54) is 87.4 Å². The number of hydrogen-bond donors (Lipinski definition) is 0. The number of nitrogens with zero attached hydrogens (tertiary/aromatic N) is 4. The van der Waals surface area contributed by atoms with E-state index < -0.39 is 0 Å². The van der Waals surface area contributed by atoms with Gasteiger partial charge >= 0.3 is 0 Å². The van der Waals surface area contributed by atoms with Crippen LogP contribution in [0.5, 0.6) is 0 Å². The van der Waals surface area contributed by atoms with Gasteiger partial charge in [-0.2, -0.15) is 0 Å². The summed E-state index contributed by atoms with van der Waals surface area (Å²) in [4.78, 5) is 0. The molecule has 0 bridgehead atoms. The van der Waals surface area contributed by atoms with Crippen LogP contribution in [0.4, 0.5) is 0 Å². The molecule has 0 unspecified atom stereocenters. The van der Waals surface area contributed by atoms with Crippen molar-refractivity contribution >= 4 is 109 Å². The Labute approximate surface area is 441 Å². The SMILES string of the molecule is c1ccc(-n2c3ccccc3c3cc(-c4ccc5c(c4)c4ccccc4n5-c4ccc5oc6ccc(-n7c8ccccc8c8cc(-c9ccc%10c(c9)c9ccccc9n%10-c9ccccc9)ccc87)cc6c5c4)ccc32)cc1. The van der Waals surface area contributed by atoms with E-state index in [0.29, 0.717) is 0 Å². The van der Waals surface area contributed by atoms with Gasteiger partial charge in [0.25, 0.3) is 0 Å². The van der Waals surface area contributed by atoms with E-state index in [-0.39, 0.29) is 0 Å². The zero-order valence-electron chi connectivity index (χ0n) is 41.6. The summed E-state index contributed by atoms with van der Waals surface area (Å²) in [5.74, 6) is 0. The van der Waals surface area contributed by atoms with Crippen molar-refractivity contribution in [3.8, 4) is 45.0 Å². The lowest BCUT2D eigenvalue weighted by Crippen LogP contribution is -1.94. The number of fused-ring (bicyclic) bond motifs is 15. The lowest BCUT2D eigenvalue weighted by molar-refractivity contribution is 0.669. The van der Waals surface area contributed by atoms with Gasteiger partial charge in [-0.25, -0.2) is 0 Å². The Balaban J connectivity index is 0.773. The minimum atomic E-state index is 0.865. The number of benzene rings is 12. The van der Waals surface area contributed by atoms with Gasteiger partial charge in [0, 0.05) is 76.6 Å². The number of aromatic nitrogens is 4. The predicted octanol–water partition coefficient (Wildman–Crippen LogP) is 19.3. The van der Waals surface area contributed by atoms with Crippen LogP contribution in [0.3, 0.4) is 0 Å². The average molecular weight is 981 g/mol. The number of para-hydroxylation sites is 6. The molecular formula is C72H44N4O. The third-order valence-electron chi connectivity index (χ3n) is 16.3. The number of rotatable bonds is 6. The first-order valence-electron chi connectivity index (χ1n) is 26.4. The van der Waals surface area contributed by atoms with Gasteiger partial charge in [0.2, 0.25) is 0 Å². The van der Waals surface area contributed by atoms with Crippen molar-refractivity contribution in [1.82, 2.24) is 18.3 Å². The molecule has 0 atom stereocenters. The summed E-state index contributed by atoms with van der Waals surface area (Å²) in [6, 6.07) is 97.5. The van der Waals surface area contributed by atoms with Gasteiger partial charge in [0.05, 0.1) is 44.1 Å². The van der Waals surface area contributed by atoms with Crippen LogP contribution < -0.4 is 0 Å². The maximum atomic E-state index is 6.62. The summed E-state index contributed by atoms with van der Waals surface area (Å²) in [6.45, 7) is 0. The maximum absolute atomic E-state index is 6.62. The van der Waals surface area contributed by atoms with Crippen LogP contribution >= 0.6 is 0 Å². The summed E-state index contributed by atoms with van der Waals surface area (Å²) in [5.41, 5.74) is 20.5. The molecule has 5 heteroatoms. The van der Waals surface area contributed by atoms with Gasteiger partial charge < -0.3 is 22.7 Å². The largest absolute Gasteiger partial charge is 0.456 e. The fraction of sp³-hybridized carbons (Fsp3) is 0. The van der Waals surface area contributed by atoms with Crippen LogP contribution in [0, 0.1) is 0 Å². The molecule has 17 aromatic rings. The first-order valence-corrected chi connectivity index (χ1v) is 26.4. The van der Waals surface area contributed by atoms with E-state index >= 15 is 0 Å². The lowest BCUT2D eigenvalue weighted by Gasteiger charge is -2.10. The number of furan rings is 1. The van der Waals surface area contributed by atoms with Crippen molar-refractivity contribution in [1.29, 1.82) is 0 Å². The molecule has 17 rings (SSSR count). The Morgan fingerprint density at radius 3 is 0.779 bits per heavy atom. The molecule has 0 aliphatic rings. The lowest BCUT2D eigenvalue weighted by atomic mass is 10.0. The topological polar surface area (TPSA) is 32.9 Å². The molecule has 0 saturated heterocycles. The molecule has 0 saturated carbocycles. The van der Waals surface area contributed by atoms with Crippen LogP contribution in [0.2, 0.25) is 0 Å². The van der Waals surface area contributed by atoms with E-state index in [9.17, 15) is 0 Å². The van der Waals surface area contributed by atoms with Crippen molar-refractivity contribution in [2.45, 2.75) is 0 Å². The molecule has 0 spiro atoms. The molecule has 358 valence electrons. The minimum absolute atomic E-state index is 0.865. The van der Waals surface area contributed by atoms with E-state index in [1.54, 1.807) is 0 Å². The van der Waals surface area contributed by atoms with Crippen LogP contribution in [0.25, 0.3) is 154 Å². The quantitative estimate of drug-likeness (QED) is 0.163. The minimum Gasteiger partial charge on any atom is -0.456 e. The fourth-order valence-electron chi connectivity index (χ4n) is 12.9. The average Bonchev–Trinajstić information content (AvgIpc) is 4.42. The Bertz CT molecular complexity index is 4950. The van der Waals surface area contributed by atoms with E-state index in [4.69, 9.17) is 4.42 Å². The Morgan fingerprint density at radius 2 is 0.455 bits per heavy atom. The van der Waals surface area contributed by atoms with Gasteiger partial charge in [-0.3, -0.25) is 0 Å². The summed E-state index contributed by atoms with van der Waals surface area (Å²) in [6.07, 6.45) is 0. The Hall–Kier alpha value is -10.4. The zero-order chi connectivity index (χ0) is 50.3. The van der Waals surface area contributed by atoms with E-state index in [1.807, 2.05) is 0 Å². The Kier molecular flexibility index (Phi) is 8.77. The molecule has 0 fully saturated rings. The number of hydrogen-bond acceptors (Lipinski definition) is 1. The van der Waals surface area contributed by atoms with E-state index in [0.717, 1.165) is 66.8 Å². The molecule has 0 radical (unpaired) electrons. The monoisotopic (exact) mass is 980 g/mol. The third-order valence-corrected chi connectivity index (χ3v) is 16.3. The zero-order valence-corrected chi connectivity index (χ0v) is 41.6. The summed E-state index contributed by atoms with van der Waals surface area (Å²) < 4.78 is 16.2. The molecule has 5 aromatic heterocycles. The third kappa shape index (κ3) is 6.17. The molecule has 0 aliphatic heterocycles.